The number of rotatable bonds is 6. The van der Waals surface area contributed by atoms with Crippen molar-refractivity contribution >= 4 is 16.1 Å². The lowest BCUT2D eigenvalue weighted by molar-refractivity contribution is -0.145. The van der Waals surface area contributed by atoms with E-state index in [1.807, 2.05) is 20.8 Å². The van der Waals surface area contributed by atoms with E-state index in [-0.39, 0.29) is 23.4 Å². The summed E-state index contributed by atoms with van der Waals surface area (Å²) < 4.78 is 34.3. The number of esters is 1. The fourth-order valence-electron chi connectivity index (χ4n) is 1.43. The zero-order chi connectivity index (χ0) is 18.0. The first-order valence-electron chi connectivity index (χ1n) is 7.20. The molecule has 0 aliphatic rings. The van der Waals surface area contributed by atoms with Crippen LogP contribution in [0.1, 0.15) is 25.8 Å². The molecule has 0 amide bonds. The van der Waals surface area contributed by atoms with Gasteiger partial charge in [0.1, 0.15) is 12.6 Å². The molecule has 23 heavy (non-hydrogen) atoms. The monoisotopic (exact) mass is 343 g/mol. The Morgan fingerprint density at radius 2 is 1.91 bits per heavy atom. The van der Waals surface area contributed by atoms with E-state index in [0.717, 1.165) is 12.0 Å². The second kappa shape index (κ2) is 10.1. The summed E-state index contributed by atoms with van der Waals surface area (Å²) in [5.74, 6) is -0.174. The van der Waals surface area contributed by atoms with Gasteiger partial charge < -0.3 is 10.5 Å². The number of aryl methyl sites for hydroxylation is 1. The van der Waals surface area contributed by atoms with Crippen LogP contribution in [0.25, 0.3) is 0 Å². The molecule has 3 N–H and O–H groups in total. The van der Waals surface area contributed by atoms with E-state index in [2.05, 4.69) is 6.58 Å². The molecule has 1 aromatic rings. The molecule has 0 aromatic heterocycles. The third-order valence-corrected chi connectivity index (χ3v) is 4.06. The van der Waals surface area contributed by atoms with Gasteiger partial charge in [-0.05, 0) is 25.0 Å². The molecule has 0 aliphatic heterocycles. The maximum Gasteiger partial charge on any atom is 0.323 e. The highest BCUT2D eigenvalue weighted by atomic mass is 32.2. The number of nitrogens with two attached hydrogens (primary N) is 1. The second-order valence-corrected chi connectivity index (χ2v) is 6.54. The van der Waals surface area contributed by atoms with Gasteiger partial charge in [0.15, 0.2) is 0 Å². The van der Waals surface area contributed by atoms with Crippen LogP contribution in [0.15, 0.2) is 41.8 Å². The van der Waals surface area contributed by atoms with Gasteiger partial charge in [0.05, 0.1) is 4.90 Å². The average Bonchev–Trinajstić information content (AvgIpc) is 2.51. The summed E-state index contributed by atoms with van der Waals surface area (Å²) in [6.45, 7) is 9.44. The van der Waals surface area contributed by atoms with Crippen LogP contribution in [0.2, 0.25) is 0 Å². The molecular formula is C16H25NO5S. The van der Waals surface area contributed by atoms with E-state index >= 15 is 0 Å². The molecule has 0 fully saturated rings. The van der Waals surface area contributed by atoms with Gasteiger partial charge in [0, 0.05) is 0 Å². The minimum Gasteiger partial charge on any atom is -0.460 e. The van der Waals surface area contributed by atoms with E-state index < -0.39 is 16.2 Å². The number of benzene rings is 1. The van der Waals surface area contributed by atoms with E-state index in [1.54, 1.807) is 12.1 Å². The summed E-state index contributed by atoms with van der Waals surface area (Å²) in [7, 11) is -4.02. The standard InChI is InChI=1S/C9H17NO2.C7H8O3S/c1-4-6-12-9(11)8(10)7(3)5-2;1-6-2-4-7(5-3-6)11(8,9)10/h4,7-8H,1,5-6,10H2,2-3H3;2-5H,1H3,(H,8,9,10)/t7-,8-;/m0./s1. The quantitative estimate of drug-likeness (QED) is 0.466. The Bertz CT molecular complexity index is 595. The van der Waals surface area contributed by atoms with E-state index in [0.29, 0.717) is 0 Å². The van der Waals surface area contributed by atoms with Gasteiger partial charge in [0.25, 0.3) is 10.1 Å². The van der Waals surface area contributed by atoms with E-state index in [9.17, 15) is 13.2 Å². The van der Waals surface area contributed by atoms with Gasteiger partial charge in [-0.25, -0.2) is 0 Å². The molecule has 0 saturated heterocycles. The fraction of sp³-hybridized carbons (Fsp3) is 0.438. The van der Waals surface area contributed by atoms with Crippen LogP contribution < -0.4 is 5.73 Å². The van der Waals surface area contributed by atoms with Crippen molar-refractivity contribution in [2.24, 2.45) is 11.7 Å². The molecule has 0 radical (unpaired) electrons. The lowest BCUT2D eigenvalue weighted by Gasteiger charge is -2.15. The zero-order valence-corrected chi connectivity index (χ0v) is 14.5. The fourth-order valence-corrected chi connectivity index (χ4v) is 1.91. The molecule has 0 unspecified atom stereocenters. The number of ether oxygens (including phenoxy) is 1. The Kier molecular flexibility index (Phi) is 9.40. The molecule has 0 saturated carbocycles. The van der Waals surface area contributed by atoms with Crippen LogP contribution in [-0.4, -0.2) is 31.6 Å². The molecule has 6 nitrogen and oxygen atoms in total. The lowest BCUT2D eigenvalue weighted by Crippen LogP contribution is -2.38. The van der Waals surface area contributed by atoms with Crippen LogP contribution in [-0.2, 0) is 19.6 Å². The van der Waals surface area contributed by atoms with Crippen LogP contribution in [0.4, 0.5) is 0 Å². The van der Waals surface area contributed by atoms with Crippen LogP contribution >= 0.6 is 0 Å². The summed E-state index contributed by atoms with van der Waals surface area (Å²) >= 11 is 0. The average molecular weight is 343 g/mol. The van der Waals surface area contributed by atoms with E-state index in [1.165, 1.54) is 18.2 Å². The number of carbonyl (C=O) groups is 1. The molecule has 2 atom stereocenters. The highest BCUT2D eigenvalue weighted by Crippen LogP contribution is 2.08. The highest BCUT2D eigenvalue weighted by Gasteiger charge is 2.20. The Hall–Kier alpha value is -1.70. The summed E-state index contributed by atoms with van der Waals surface area (Å²) in [6, 6.07) is 5.48. The smallest absolute Gasteiger partial charge is 0.323 e. The van der Waals surface area contributed by atoms with Gasteiger partial charge in [-0.3, -0.25) is 9.35 Å². The first-order chi connectivity index (χ1) is 10.6. The third-order valence-electron chi connectivity index (χ3n) is 3.19. The van der Waals surface area contributed by atoms with Crippen molar-refractivity contribution in [1.29, 1.82) is 0 Å². The van der Waals surface area contributed by atoms with Crippen molar-refractivity contribution in [3.05, 3.63) is 42.5 Å². The van der Waals surface area contributed by atoms with Crippen molar-refractivity contribution < 1.29 is 22.5 Å². The van der Waals surface area contributed by atoms with Crippen molar-refractivity contribution in [2.75, 3.05) is 6.61 Å². The van der Waals surface area contributed by atoms with Gasteiger partial charge in [-0.15, -0.1) is 0 Å². The molecule has 7 heteroatoms. The highest BCUT2D eigenvalue weighted by molar-refractivity contribution is 7.85. The van der Waals surface area contributed by atoms with Gasteiger partial charge >= 0.3 is 5.97 Å². The molecule has 0 bridgehead atoms. The first-order valence-corrected chi connectivity index (χ1v) is 8.64. The summed E-state index contributed by atoms with van der Waals surface area (Å²) in [6.07, 6.45) is 2.41. The molecule has 130 valence electrons. The van der Waals surface area contributed by atoms with Crippen molar-refractivity contribution in [3.63, 3.8) is 0 Å². The number of carbonyl (C=O) groups excluding carboxylic acids is 1. The van der Waals surface area contributed by atoms with E-state index in [4.69, 9.17) is 15.0 Å². The predicted molar refractivity (Wildman–Crippen MR) is 89.6 cm³/mol. The van der Waals surface area contributed by atoms with Crippen molar-refractivity contribution in [2.45, 2.75) is 38.1 Å². The minimum atomic E-state index is -4.02. The maximum absolute atomic E-state index is 11.1. The Morgan fingerprint density at radius 3 is 2.30 bits per heavy atom. The molecule has 1 aromatic carbocycles. The van der Waals surface area contributed by atoms with Gasteiger partial charge in [-0.1, -0.05) is 50.6 Å². The van der Waals surface area contributed by atoms with Crippen molar-refractivity contribution in [1.82, 2.24) is 0 Å². The molecule has 1 rings (SSSR count). The third kappa shape index (κ3) is 8.49. The second-order valence-electron chi connectivity index (χ2n) is 5.12. The Labute approximate surface area is 138 Å². The van der Waals surface area contributed by atoms with Gasteiger partial charge in [0.2, 0.25) is 0 Å². The molecular weight excluding hydrogens is 318 g/mol. The Balaban J connectivity index is 0.000000422. The zero-order valence-electron chi connectivity index (χ0n) is 13.7. The van der Waals surface area contributed by atoms with Crippen LogP contribution in [0, 0.1) is 12.8 Å². The largest absolute Gasteiger partial charge is 0.460 e. The summed E-state index contributed by atoms with van der Waals surface area (Å²) in [5, 5.41) is 0. The molecule has 0 spiro atoms. The topological polar surface area (TPSA) is 107 Å². The molecule has 0 aliphatic carbocycles. The normalized spacial score (nSPS) is 13.3. The van der Waals surface area contributed by atoms with Gasteiger partial charge in [-0.2, -0.15) is 8.42 Å². The number of hydrogen-bond acceptors (Lipinski definition) is 5. The first kappa shape index (κ1) is 21.3. The Morgan fingerprint density at radius 1 is 1.39 bits per heavy atom. The predicted octanol–water partition coefficient (Wildman–Crippen LogP) is 2.33. The van der Waals surface area contributed by atoms with Crippen LogP contribution in [0.5, 0.6) is 0 Å². The summed E-state index contributed by atoms with van der Waals surface area (Å²) in [5.41, 5.74) is 6.56. The maximum atomic E-state index is 11.1. The number of hydrogen-bond donors (Lipinski definition) is 2. The van der Waals surface area contributed by atoms with Crippen molar-refractivity contribution in [3.8, 4) is 0 Å². The summed E-state index contributed by atoms with van der Waals surface area (Å²) in [4.78, 5) is 11.0. The minimum absolute atomic E-state index is 0.0666. The lowest BCUT2D eigenvalue weighted by atomic mass is 10.0. The SMILES string of the molecule is C=CCOC(=O)[C@@H](N)[C@@H](C)CC.Cc1ccc(S(=O)(=O)O)cc1. The van der Waals surface area contributed by atoms with Crippen LogP contribution in [0.3, 0.4) is 0 Å². The molecule has 0 heterocycles.